The number of halogens is 1. The van der Waals surface area contributed by atoms with Crippen molar-refractivity contribution in [1.82, 2.24) is 9.97 Å². The summed E-state index contributed by atoms with van der Waals surface area (Å²) in [5.74, 6) is 0.523. The highest BCUT2D eigenvalue weighted by atomic mass is 35.5. The van der Waals surface area contributed by atoms with Crippen molar-refractivity contribution in [2.24, 2.45) is 0 Å². The van der Waals surface area contributed by atoms with Gasteiger partial charge in [0.15, 0.2) is 0 Å². The van der Waals surface area contributed by atoms with Gasteiger partial charge in [-0.1, -0.05) is 17.7 Å². The van der Waals surface area contributed by atoms with E-state index in [0.717, 1.165) is 22.0 Å². The van der Waals surface area contributed by atoms with Crippen LogP contribution in [-0.2, 0) is 0 Å². The van der Waals surface area contributed by atoms with E-state index in [0.29, 0.717) is 11.0 Å². The Bertz CT molecular complexity index is 725. The van der Waals surface area contributed by atoms with Gasteiger partial charge in [0.25, 0.3) is 0 Å². The third-order valence-corrected chi connectivity index (χ3v) is 3.08. The van der Waals surface area contributed by atoms with Gasteiger partial charge in [0, 0.05) is 17.1 Å². The van der Waals surface area contributed by atoms with Crippen LogP contribution in [-0.4, -0.2) is 9.97 Å². The first-order chi connectivity index (χ1) is 8.74. The van der Waals surface area contributed by atoms with Crippen LogP contribution in [0, 0.1) is 0 Å². The van der Waals surface area contributed by atoms with Gasteiger partial charge in [-0.15, -0.1) is 0 Å². The van der Waals surface area contributed by atoms with Crippen LogP contribution in [0.4, 0.5) is 5.82 Å². The number of aromatic nitrogens is 2. The summed E-state index contributed by atoms with van der Waals surface area (Å²) in [4.78, 5) is 8.34. The van der Waals surface area contributed by atoms with E-state index in [1.54, 1.807) is 12.3 Å². The lowest BCUT2D eigenvalue weighted by Gasteiger charge is -2.05. The Morgan fingerprint density at radius 1 is 1.06 bits per heavy atom. The number of hydrogen-bond donors (Lipinski definition) is 1. The van der Waals surface area contributed by atoms with Crippen LogP contribution in [0.25, 0.3) is 22.0 Å². The molecule has 3 aromatic rings. The molecular formula is C14H10ClN3. The predicted molar refractivity (Wildman–Crippen MR) is 74.4 cm³/mol. The van der Waals surface area contributed by atoms with Gasteiger partial charge in [0.1, 0.15) is 11.0 Å². The molecule has 0 bridgehead atoms. The third-order valence-electron chi connectivity index (χ3n) is 2.78. The number of anilines is 1. The van der Waals surface area contributed by atoms with E-state index in [1.807, 2.05) is 36.4 Å². The molecule has 0 spiro atoms. The first kappa shape index (κ1) is 11.0. The summed E-state index contributed by atoms with van der Waals surface area (Å²) in [6.07, 6.45) is 1.68. The molecule has 3 nitrogen and oxygen atoms in total. The zero-order valence-corrected chi connectivity index (χ0v) is 10.2. The summed E-state index contributed by atoms with van der Waals surface area (Å²) in [5.41, 5.74) is 8.46. The molecule has 0 aliphatic rings. The maximum Gasteiger partial charge on any atom is 0.136 e. The lowest BCUT2D eigenvalue weighted by atomic mass is 10.1. The second-order valence-corrected chi connectivity index (χ2v) is 4.34. The molecule has 2 aromatic heterocycles. The van der Waals surface area contributed by atoms with Crippen molar-refractivity contribution < 1.29 is 0 Å². The molecule has 3 rings (SSSR count). The first-order valence-electron chi connectivity index (χ1n) is 5.51. The Balaban J connectivity index is 2.20. The van der Waals surface area contributed by atoms with Crippen molar-refractivity contribution in [3.05, 3.63) is 53.8 Å². The van der Waals surface area contributed by atoms with Crippen LogP contribution in [0.3, 0.4) is 0 Å². The van der Waals surface area contributed by atoms with Crippen molar-refractivity contribution >= 4 is 28.3 Å². The van der Waals surface area contributed by atoms with E-state index >= 15 is 0 Å². The van der Waals surface area contributed by atoms with Crippen molar-refractivity contribution in [1.29, 1.82) is 0 Å². The highest BCUT2D eigenvalue weighted by molar-refractivity contribution is 6.32. The normalized spacial score (nSPS) is 10.7. The third kappa shape index (κ3) is 1.89. The quantitative estimate of drug-likeness (QED) is 0.677. The average molecular weight is 256 g/mol. The topological polar surface area (TPSA) is 51.8 Å². The average Bonchev–Trinajstić information content (AvgIpc) is 2.39. The Kier molecular flexibility index (Phi) is 2.61. The van der Waals surface area contributed by atoms with Crippen molar-refractivity contribution in [2.75, 3.05) is 5.73 Å². The minimum atomic E-state index is 0.500. The molecule has 88 valence electrons. The first-order valence-corrected chi connectivity index (χ1v) is 5.89. The lowest BCUT2D eigenvalue weighted by Crippen LogP contribution is -1.90. The SMILES string of the molecule is Nc1ccc2cc(-c3cccnc3Cl)ccc2n1. The summed E-state index contributed by atoms with van der Waals surface area (Å²) in [6.45, 7) is 0. The van der Waals surface area contributed by atoms with E-state index in [-0.39, 0.29) is 0 Å². The Morgan fingerprint density at radius 3 is 2.78 bits per heavy atom. The van der Waals surface area contributed by atoms with Crippen LogP contribution >= 0.6 is 11.6 Å². The van der Waals surface area contributed by atoms with Crippen molar-refractivity contribution in [2.45, 2.75) is 0 Å². The summed E-state index contributed by atoms with van der Waals surface area (Å²) in [6, 6.07) is 13.5. The molecule has 4 heteroatoms. The number of nitrogens with zero attached hydrogens (tertiary/aromatic N) is 2. The molecule has 2 heterocycles. The van der Waals surface area contributed by atoms with Crippen LogP contribution in [0.1, 0.15) is 0 Å². The van der Waals surface area contributed by atoms with E-state index in [2.05, 4.69) is 9.97 Å². The van der Waals surface area contributed by atoms with Crippen molar-refractivity contribution in [3.8, 4) is 11.1 Å². The molecule has 0 saturated carbocycles. The predicted octanol–water partition coefficient (Wildman–Crippen LogP) is 3.53. The lowest BCUT2D eigenvalue weighted by molar-refractivity contribution is 1.33. The number of fused-ring (bicyclic) bond motifs is 1. The molecule has 0 atom stereocenters. The number of pyridine rings is 2. The van der Waals surface area contributed by atoms with Gasteiger partial charge >= 0.3 is 0 Å². The summed E-state index contributed by atoms with van der Waals surface area (Å²) >= 11 is 6.09. The van der Waals surface area contributed by atoms with Gasteiger partial charge < -0.3 is 5.73 Å². The number of nitrogen functional groups attached to an aromatic ring is 1. The zero-order valence-electron chi connectivity index (χ0n) is 9.47. The van der Waals surface area contributed by atoms with E-state index in [9.17, 15) is 0 Å². The van der Waals surface area contributed by atoms with Gasteiger partial charge in [-0.3, -0.25) is 0 Å². The highest BCUT2D eigenvalue weighted by Crippen LogP contribution is 2.28. The summed E-state index contributed by atoms with van der Waals surface area (Å²) in [5, 5.41) is 1.53. The largest absolute Gasteiger partial charge is 0.384 e. The molecule has 0 amide bonds. The van der Waals surface area contributed by atoms with E-state index in [4.69, 9.17) is 17.3 Å². The molecule has 0 fully saturated rings. The smallest absolute Gasteiger partial charge is 0.136 e. The molecule has 2 N–H and O–H groups in total. The van der Waals surface area contributed by atoms with Crippen LogP contribution in [0.2, 0.25) is 5.15 Å². The van der Waals surface area contributed by atoms with Gasteiger partial charge in [-0.05, 0) is 42.0 Å². The second kappa shape index (κ2) is 4.27. The number of benzene rings is 1. The maximum absolute atomic E-state index is 6.09. The molecule has 0 unspecified atom stereocenters. The minimum absolute atomic E-state index is 0.500. The fourth-order valence-corrected chi connectivity index (χ4v) is 2.14. The van der Waals surface area contributed by atoms with Gasteiger partial charge in [-0.2, -0.15) is 0 Å². The van der Waals surface area contributed by atoms with Crippen LogP contribution in [0.5, 0.6) is 0 Å². The number of nitrogens with two attached hydrogens (primary N) is 1. The zero-order chi connectivity index (χ0) is 12.5. The van der Waals surface area contributed by atoms with Crippen molar-refractivity contribution in [3.63, 3.8) is 0 Å². The van der Waals surface area contributed by atoms with Crippen LogP contribution < -0.4 is 5.73 Å². The van der Waals surface area contributed by atoms with Gasteiger partial charge in [0.2, 0.25) is 0 Å². The van der Waals surface area contributed by atoms with Gasteiger partial charge in [0.05, 0.1) is 5.52 Å². The summed E-state index contributed by atoms with van der Waals surface area (Å²) in [7, 11) is 0. The Morgan fingerprint density at radius 2 is 1.94 bits per heavy atom. The molecule has 1 aromatic carbocycles. The van der Waals surface area contributed by atoms with E-state index in [1.165, 1.54) is 0 Å². The molecule has 0 aliphatic heterocycles. The second-order valence-electron chi connectivity index (χ2n) is 3.99. The fourth-order valence-electron chi connectivity index (χ4n) is 1.91. The standard InChI is InChI=1S/C14H10ClN3/c15-14-11(2-1-7-17-14)9-3-5-12-10(8-9)4-6-13(16)18-12/h1-8H,(H2,16,18). The molecule has 18 heavy (non-hydrogen) atoms. The Labute approximate surface area is 109 Å². The number of rotatable bonds is 1. The highest BCUT2D eigenvalue weighted by Gasteiger charge is 2.05. The molecule has 0 aliphatic carbocycles. The molecule has 0 saturated heterocycles. The molecule has 0 radical (unpaired) electrons. The minimum Gasteiger partial charge on any atom is -0.384 e. The van der Waals surface area contributed by atoms with Crippen LogP contribution in [0.15, 0.2) is 48.7 Å². The number of hydrogen-bond acceptors (Lipinski definition) is 3. The Hall–Kier alpha value is -2.13. The van der Waals surface area contributed by atoms with E-state index < -0.39 is 0 Å². The fraction of sp³-hybridized carbons (Fsp3) is 0. The molecular weight excluding hydrogens is 246 g/mol. The summed E-state index contributed by atoms with van der Waals surface area (Å²) < 4.78 is 0. The monoisotopic (exact) mass is 255 g/mol. The van der Waals surface area contributed by atoms with Gasteiger partial charge in [-0.25, -0.2) is 9.97 Å². The maximum atomic E-state index is 6.09.